The van der Waals surface area contributed by atoms with Gasteiger partial charge in [-0.1, -0.05) is 60.7 Å². The number of carbonyl (C=O) groups excluding carboxylic acids is 1. The molecule has 1 saturated heterocycles. The maximum absolute atomic E-state index is 12.8. The number of nitrogens with one attached hydrogen (secondary N) is 1. The lowest BCUT2D eigenvalue weighted by Gasteiger charge is -2.39. The van der Waals surface area contributed by atoms with Gasteiger partial charge in [0.15, 0.2) is 0 Å². The van der Waals surface area contributed by atoms with Crippen molar-refractivity contribution in [3.63, 3.8) is 0 Å². The molecule has 1 fully saturated rings. The van der Waals surface area contributed by atoms with Gasteiger partial charge in [0.2, 0.25) is 5.88 Å². The van der Waals surface area contributed by atoms with Crippen LogP contribution in [0, 0.1) is 0 Å². The van der Waals surface area contributed by atoms with Crippen LogP contribution >= 0.6 is 0 Å². The lowest BCUT2D eigenvalue weighted by atomic mass is 9.99. The molecule has 0 bridgehead atoms. The summed E-state index contributed by atoms with van der Waals surface area (Å²) >= 11 is 0. The Bertz CT molecular complexity index is 983. The van der Waals surface area contributed by atoms with Gasteiger partial charge in [-0.3, -0.25) is 0 Å². The SMILES string of the molecule is O=C(NC(c1ccccc1)c1ccccc1)N1CC(Oc2cc(C(F)(F)F)ccn2)C1. The fourth-order valence-electron chi connectivity index (χ4n) is 3.36. The van der Waals surface area contributed by atoms with Crippen molar-refractivity contribution in [1.29, 1.82) is 0 Å². The van der Waals surface area contributed by atoms with Gasteiger partial charge < -0.3 is 15.0 Å². The number of pyridine rings is 1. The Morgan fingerprint density at radius 2 is 1.58 bits per heavy atom. The van der Waals surface area contributed by atoms with E-state index in [9.17, 15) is 18.0 Å². The third-order valence-electron chi connectivity index (χ3n) is 5.02. The molecule has 2 aromatic carbocycles. The number of ether oxygens (including phenoxy) is 1. The van der Waals surface area contributed by atoms with Crippen LogP contribution in [0.2, 0.25) is 0 Å². The Balaban J connectivity index is 1.38. The number of amides is 2. The molecule has 0 spiro atoms. The monoisotopic (exact) mass is 427 g/mol. The molecule has 1 aliphatic rings. The first-order valence-electron chi connectivity index (χ1n) is 9.75. The van der Waals surface area contributed by atoms with Crippen molar-refractivity contribution < 1.29 is 22.7 Å². The van der Waals surface area contributed by atoms with Gasteiger partial charge in [0.25, 0.3) is 0 Å². The number of hydrogen-bond donors (Lipinski definition) is 1. The average molecular weight is 427 g/mol. The number of alkyl halides is 3. The Labute approximate surface area is 177 Å². The van der Waals surface area contributed by atoms with E-state index in [1.807, 2.05) is 60.7 Å². The number of likely N-dealkylation sites (tertiary alicyclic amines) is 1. The number of rotatable bonds is 5. The summed E-state index contributed by atoms with van der Waals surface area (Å²) in [6.07, 6.45) is -3.81. The molecule has 1 N–H and O–H groups in total. The van der Waals surface area contributed by atoms with Gasteiger partial charge in [0.1, 0.15) is 6.10 Å². The summed E-state index contributed by atoms with van der Waals surface area (Å²) in [4.78, 5) is 18.1. The molecule has 5 nitrogen and oxygen atoms in total. The van der Waals surface area contributed by atoms with Crippen LogP contribution in [0.4, 0.5) is 18.0 Å². The highest BCUT2D eigenvalue weighted by molar-refractivity contribution is 5.76. The molecule has 4 rings (SSSR count). The summed E-state index contributed by atoms with van der Waals surface area (Å²) in [5, 5.41) is 3.03. The second kappa shape index (κ2) is 8.67. The van der Waals surface area contributed by atoms with E-state index in [2.05, 4.69) is 10.3 Å². The number of nitrogens with zero attached hydrogens (tertiary/aromatic N) is 2. The van der Waals surface area contributed by atoms with Gasteiger partial charge in [-0.25, -0.2) is 9.78 Å². The smallest absolute Gasteiger partial charge is 0.416 e. The zero-order valence-electron chi connectivity index (χ0n) is 16.4. The van der Waals surface area contributed by atoms with E-state index in [-0.39, 0.29) is 31.0 Å². The fourth-order valence-corrected chi connectivity index (χ4v) is 3.36. The molecule has 0 saturated carbocycles. The maximum atomic E-state index is 12.8. The van der Waals surface area contributed by atoms with Gasteiger partial charge in [0, 0.05) is 12.3 Å². The molecule has 1 aliphatic heterocycles. The first-order valence-corrected chi connectivity index (χ1v) is 9.75. The topological polar surface area (TPSA) is 54.5 Å². The predicted molar refractivity (Wildman–Crippen MR) is 108 cm³/mol. The lowest BCUT2D eigenvalue weighted by Crippen LogP contribution is -2.59. The second-order valence-electron chi connectivity index (χ2n) is 7.23. The van der Waals surface area contributed by atoms with Crippen molar-refractivity contribution in [2.24, 2.45) is 0 Å². The van der Waals surface area contributed by atoms with Crippen LogP contribution in [0.5, 0.6) is 5.88 Å². The number of urea groups is 1. The van der Waals surface area contributed by atoms with Crippen LogP contribution in [-0.2, 0) is 6.18 Å². The molecule has 3 aromatic rings. The summed E-state index contributed by atoms with van der Waals surface area (Å²) in [7, 11) is 0. The highest BCUT2D eigenvalue weighted by atomic mass is 19.4. The number of hydrogen-bond acceptors (Lipinski definition) is 3. The number of carbonyl (C=O) groups is 1. The Morgan fingerprint density at radius 3 is 2.13 bits per heavy atom. The van der Waals surface area contributed by atoms with Crippen molar-refractivity contribution in [3.05, 3.63) is 95.7 Å². The Kier molecular flexibility index (Phi) is 5.79. The van der Waals surface area contributed by atoms with E-state index in [1.54, 1.807) is 4.90 Å². The molecule has 8 heteroatoms. The van der Waals surface area contributed by atoms with Gasteiger partial charge in [-0.15, -0.1) is 0 Å². The molecule has 0 unspecified atom stereocenters. The van der Waals surface area contributed by atoms with Crippen LogP contribution in [0.3, 0.4) is 0 Å². The quantitative estimate of drug-likeness (QED) is 0.644. The van der Waals surface area contributed by atoms with E-state index in [0.717, 1.165) is 29.5 Å². The molecule has 0 aliphatic carbocycles. The van der Waals surface area contributed by atoms with Crippen LogP contribution in [-0.4, -0.2) is 35.1 Å². The van der Waals surface area contributed by atoms with E-state index < -0.39 is 17.8 Å². The fraction of sp³-hybridized carbons (Fsp3) is 0.217. The third-order valence-corrected chi connectivity index (χ3v) is 5.02. The first kappa shape index (κ1) is 20.7. The summed E-state index contributed by atoms with van der Waals surface area (Å²) in [6.45, 7) is 0.528. The average Bonchev–Trinajstić information content (AvgIpc) is 2.75. The molecule has 2 amide bonds. The minimum Gasteiger partial charge on any atom is -0.471 e. The highest BCUT2D eigenvalue weighted by Crippen LogP contribution is 2.31. The molecule has 0 atom stereocenters. The number of halogens is 3. The summed E-state index contributed by atoms with van der Waals surface area (Å²) in [5.41, 5.74) is 1.08. The van der Waals surface area contributed by atoms with E-state index in [1.165, 1.54) is 0 Å². The minimum atomic E-state index is -4.46. The molecular formula is C23H20F3N3O2. The number of benzene rings is 2. The first-order chi connectivity index (χ1) is 14.9. The molecule has 160 valence electrons. The maximum Gasteiger partial charge on any atom is 0.416 e. The van der Waals surface area contributed by atoms with E-state index in [0.29, 0.717) is 0 Å². The summed E-state index contributed by atoms with van der Waals surface area (Å²) in [5.74, 6) is -0.105. The minimum absolute atomic E-state index is 0.105. The molecule has 31 heavy (non-hydrogen) atoms. The van der Waals surface area contributed by atoms with Crippen molar-refractivity contribution in [3.8, 4) is 5.88 Å². The van der Waals surface area contributed by atoms with Crippen LogP contribution in [0.15, 0.2) is 79.0 Å². The highest BCUT2D eigenvalue weighted by Gasteiger charge is 2.35. The van der Waals surface area contributed by atoms with Gasteiger partial charge in [-0.05, 0) is 17.2 Å². The normalized spacial score (nSPS) is 14.3. The molecule has 2 heterocycles. The molecule has 0 radical (unpaired) electrons. The largest absolute Gasteiger partial charge is 0.471 e. The van der Waals surface area contributed by atoms with E-state index >= 15 is 0 Å². The van der Waals surface area contributed by atoms with Gasteiger partial charge in [0.05, 0.1) is 24.7 Å². The second-order valence-corrected chi connectivity index (χ2v) is 7.23. The summed E-state index contributed by atoms with van der Waals surface area (Å²) < 4.78 is 44.0. The van der Waals surface area contributed by atoms with E-state index in [4.69, 9.17) is 4.74 Å². The molecular weight excluding hydrogens is 407 g/mol. The van der Waals surface area contributed by atoms with Crippen molar-refractivity contribution in [2.75, 3.05) is 13.1 Å². The van der Waals surface area contributed by atoms with Crippen molar-refractivity contribution in [2.45, 2.75) is 18.3 Å². The summed E-state index contributed by atoms with van der Waals surface area (Å²) in [6, 6.07) is 20.4. The Morgan fingerprint density at radius 1 is 1.00 bits per heavy atom. The van der Waals surface area contributed by atoms with Crippen LogP contribution in [0.1, 0.15) is 22.7 Å². The van der Waals surface area contributed by atoms with Crippen molar-refractivity contribution >= 4 is 6.03 Å². The lowest BCUT2D eigenvalue weighted by molar-refractivity contribution is -0.137. The van der Waals surface area contributed by atoms with Crippen LogP contribution < -0.4 is 10.1 Å². The van der Waals surface area contributed by atoms with Gasteiger partial charge in [-0.2, -0.15) is 13.2 Å². The third kappa shape index (κ3) is 4.96. The van der Waals surface area contributed by atoms with Crippen molar-refractivity contribution in [1.82, 2.24) is 15.2 Å². The predicted octanol–water partition coefficient (Wildman–Crippen LogP) is 4.66. The Hall–Kier alpha value is -3.55. The zero-order valence-corrected chi connectivity index (χ0v) is 16.4. The standard InChI is InChI=1S/C23H20F3N3O2/c24-23(25,26)18-11-12-27-20(13-18)31-19-14-29(15-19)22(30)28-21(16-7-3-1-4-8-16)17-9-5-2-6-10-17/h1-13,19,21H,14-15H2,(H,28,30). The molecule has 1 aromatic heterocycles. The van der Waals surface area contributed by atoms with Crippen LogP contribution in [0.25, 0.3) is 0 Å². The van der Waals surface area contributed by atoms with Gasteiger partial charge >= 0.3 is 12.2 Å². The zero-order chi connectivity index (χ0) is 21.8. The number of aromatic nitrogens is 1.